The van der Waals surface area contributed by atoms with Crippen molar-refractivity contribution in [2.24, 2.45) is 0 Å². The number of hydrogen-bond acceptors (Lipinski definition) is 6. The van der Waals surface area contributed by atoms with Crippen LogP contribution in [0.2, 0.25) is 0 Å². The van der Waals surface area contributed by atoms with E-state index in [-0.39, 0.29) is 0 Å². The second-order valence-electron chi connectivity index (χ2n) is 7.19. The molecular formula is C19H26N4O3S3. The molecule has 0 atom stereocenters. The van der Waals surface area contributed by atoms with Gasteiger partial charge in [0.05, 0.1) is 34.9 Å². The Bertz CT molecular complexity index is 994. The Morgan fingerprint density at radius 1 is 1.21 bits per heavy atom. The van der Waals surface area contributed by atoms with Crippen LogP contribution in [0.3, 0.4) is 0 Å². The van der Waals surface area contributed by atoms with Gasteiger partial charge in [-0.15, -0.1) is 0 Å². The topological polar surface area (TPSA) is 67.7 Å². The van der Waals surface area contributed by atoms with Gasteiger partial charge in [-0.1, -0.05) is 24.0 Å². The van der Waals surface area contributed by atoms with Crippen LogP contribution < -0.4 is 0 Å². The molecule has 0 N–H and O–H groups in total. The monoisotopic (exact) mass is 454 g/mol. The second-order valence-corrected chi connectivity index (χ2v) is 10.7. The number of likely N-dealkylation sites (tertiary alicyclic amines) is 1. The van der Waals surface area contributed by atoms with Gasteiger partial charge in [0.1, 0.15) is 10.1 Å². The smallest absolute Gasteiger partial charge is 0.243 e. The van der Waals surface area contributed by atoms with E-state index in [1.54, 1.807) is 23.9 Å². The molecule has 2 aliphatic rings. The molecule has 1 aromatic heterocycles. The first-order chi connectivity index (χ1) is 14.0. The lowest BCUT2D eigenvalue weighted by molar-refractivity contribution is 0.0730. The number of benzene rings is 1. The molecule has 2 saturated heterocycles. The lowest BCUT2D eigenvalue weighted by atomic mass is 10.3. The highest BCUT2D eigenvalue weighted by atomic mass is 32.2. The molecule has 4 rings (SSSR count). The number of nitrogens with zero attached hydrogens (tertiary/aromatic N) is 4. The molecule has 10 heteroatoms. The fourth-order valence-electron chi connectivity index (χ4n) is 3.84. The highest BCUT2D eigenvalue weighted by Crippen LogP contribution is 2.26. The first-order valence-electron chi connectivity index (χ1n) is 9.99. The number of rotatable bonds is 5. The highest BCUT2D eigenvalue weighted by Gasteiger charge is 2.27. The van der Waals surface area contributed by atoms with E-state index in [0.717, 1.165) is 35.3 Å². The summed E-state index contributed by atoms with van der Waals surface area (Å²) < 4.78 is 35.8. The van der Waals surface area contributed by atoms with Crippen LogP contribution in [0.5, 0.6) is 0 Å². The Morgan fingerprint density at radius 3 is 2.62 bits per heavy atom. The summed E-state index contributed by atoms with van der Waals surface area (Å²) in [5, 5.41) is 0. The normalized spacial score (nSPS) is 18.6. The number of aryl methyl sites for hydroxylation is 1. The van der Waals surface area contributed by atoms with Gasteiger partial charge in [0.25, 0.3) is 0 Å². The van der Waals surface area contributed by atoms with Gasteiger partial charge in [-0.3, -0.25) is 0 Å². The summed E-state index contributed by atoms with van der Waals surface area (Å²) in [5.74, 6) is 1.61. The van der Waals surface area contributed by atoms with E-state index >= 15 is 0 Å². The number of ether oxygens (including phenoxy) is 1. The molecule has 0 saturated carbocycles. The molecule has 2 fully saturated rings. The van der Waals surface area contributed by atoms with Gasteiger partial charge >= 0.3 is 0 Å². The quantitative estimate of drug-likeness (QED) is 0.644. The molecule has 7 nitrogen and oxygen atoms in total. The minimum Gasteiger partial charge on any atom is -0.379 e. The average Bonchev–Trinajstić information content (AvgIpc) is 3.39. The number of sulfonamides is 1. The molecule has 2 aromatic rings. The van der Waals surface area contributed by atoms with E-state index < -0.39 is 10.0 Å². The molecule has 0 bridgehead atoms. The molecule has 0 spiro atoms. The van der Waals surface area contributed by atoms with Crippen LogP contribution >= 0.6 is 24.0 Å². The maximum absolute atomic E-state index is 13.0. The Hall–Kier alpha value is -1.20. The third-order valence-corrected chi connectivity index (χ3v) is 8.83. The predicted molar refractivity (Wildman–Crippen MR) is 120 cm³/mol. The van der Waals surface area contributed by atoms with Crippen molar-refractivity contribution in [1.29, 1.82) is 0 Å². The largest absolute Gasteiger partial charge is 0.379 e. The molecule has 29 heavy (non-hydrogen) atoms. The van der Waals surface area contributed by atoms with Crippen LogP contribution in [0.4, 0.5) is 0 Å². The molecule has 0 radical (unpaired) electrons. The fraction of sp³-hybridized carbons (Fsp3) is 0.579. The SMILES string of the molecule is CCn1c(CSC(=S)N2CCCC2)nc2cc(S(=O)(=O)N3CCOCC3)ccc21. The Morgan fingerprint density at radius 2 is 1.93 bits per heavy atom. The van der Waals surface area contributed by atoms with Crippen molar-refractivity contribution in [2.45, 2.75) is 37.0 Å². The third-order valence-electron chi connectivity index (χ3n) is 5.41. The fourth-order valence-corrected chi connectivity index (χ4v) is 6.46. The molecule has 0 amide bonds. The number of thiocarbonyl (C=S) groups is 1. The van der Waals surface area contributed by atoms with Crippen molar-refractivity contribution in [3.05, 3.63) is 24.0 Å². The van der Waals surface area contributed by atoms with Gasteiger partial charge in [-0.05, 0) is 38.0 Å². The number of thioether (sulfide) groups is 1. The predicted octanol–water partition coefficient (Wildman–Crippen LogP) is 2.69. The zero-order valence-corrected chi connectivity index (χ0v) is 19.0. The maximum Gasteiger partial charge on any atom is 0.243 e. The van der Waals surface area contributed by atoms with Gasteiger partial charge in [0.2, 0.25) is 10.0 Å². The van der Waals surface area contributed by atoms with E-state index in [4.69, 9.17) is 21.9 Å². The zero-order chi connectivity index (χ0) is 20.4. The van der Waals surface area contributed by atoms with Crippen molar-refractivity contribution in [1.82, 2.24) is 18.8 Å². The van der Waals surface area contributed by atoms with Crippen molar-refractivity contribution < 1.29 is 13.2 Å². The summed E-state index contributed by atoms with van der Waals surface area (Å²) in [4.78, 5) is 7.30. The number of fused-ring (bicyclic) bond motifs is 1. The van der Waals surface area contributed by atoms with Crippen molar-refractivity contribution in [3.63, 3.8) is 0 Å². The van der Waals surface area contributed by atoms with Crippen LogP contribution in [-0.4, -0.2) is 70.9 Å². The molecule has 0 aliphatic carbocycles. The van der Waals surface area contributed by atoms with Crippen molar-refractivity contribution >= 4 is 49.4 Å². The second kappa shape index (κ2) is 8.89. The third kappa shape index (κ3) is 4.32. The highest BCUT2D eigenvalue weighted by molar-refractivity contribution is 8.22. The molecule has 0 unspecified atom stereocenters. The first-order valence-corrected chi connectivity index (χ1v) is 12.8. The number of aromatic nitrogens is 2. The summed E-state index contributed by atoms with van der Waals surface area (Å²) in [6, 6.07) is 5.25. The lowest BCUT2D eigenvalue weighted by Gasteiger charge is -2.26. The Balaban J connectivity index is 1.57. The van der Waals surface area contributed by atoms with Crippen molar-refractivity contribution in [2.75, 3.05) is 39.4 Å². The Labute approximate surface area is 181 Å². The molecule has 2 aliphatic heterocycles. The van der Waals surface area contributed by atoms with E-state index in [1.807, 2.05) is 6.07 Å². The summed E-state index contributed by atoms with van der Waals surface area (Å²) in [6.07, 6.45) is 2.41. The van der Waals surface area contributed by atoms with Gasteiger partial charge in [-0.25, -0.2) is 13.4 Å². The van der Waals surface area contributed by atoms with Gasteiger partial charge < -0.3 is 14.2 Å². The van der Waals surface area contributed by atoms with E-state index in [2.05, 4.69) is 16.4 Å². The summed E-state index contributed by atoms with van der Waals surface area (Å²) in [7, 11) is -3.53. The molecular weight excluding hydrogens is 428 g/mol. The molecule has 158 valence electrons. The molecule has 3 heterocycles. The summed E-state index contributed by atoms with van der Waals surface area (Å²) in [5.41, 5.74) is 1.67. The Kier molecular flexibility index (Phi) is 6.45. The van der Waals surface area contributed by atoms with Crippen LogP contribution in [-0.2, 0) is 27.1 Å². The number of morpholine rings is 1. The maximum atomic E-state index is 13.0. The minimum absolute atomic E-state index is 0.291. The number of hydrogen-bond donors (Lipinski definition) is 0. The van der Waals surface area contributed by atoms with Crippen LogP contribution in [0, 0.1) is 0 Å². The minimum atomic E-state index is -3.53. The van der Waals surface area contributed by atoms with Gasteiger partial charge in [0.15, 0.2) is 0 Å². The molecule has 1 aromatic carbocycles. The lowest BCUT2D eigenvalue weighted by Crippen LogP contribution is -2.40. The standard InChI is InChI=1S/C19H26N4O3S3/c1-2-23-17-6-5-15(29(24,25)22-9-11-26-12-10-22)13-16(17)20-18(23)14-28-19(27)21-7-3-4-8-21/h5-6,13H,2-4,7-12,14H2,1H3. The van der Waals surface area contributed by atoms with Gasteiger partial charge in [-0.2, -0.15) is 4.31 Å². The van der Waals surface area contributed by atoms with E-state index in [9.17, 15) is 8.42 Å². The van der Waals surface area contributed by atoms with Gasteiger partial charge in [0, 0.05) is 32.7 Å². The van der Waals surface area contributed by atoms with E-state index in [0.29, 0.717) is 42.5 Å². The summed E-state index contributed by atoms with van der Waals surface area (Å²) in [6.45, 7) is 6.58. The van der Waals surface area contributed by atoms with E-state index in [1.165, 1.54) is 17.1 Å². The first kappa shape index (κ1) is 21.0. The van der Waals surface area contributed by atoms with Crippen LogP contribution in [0.1, 0.15) is 25.6 Å². The zero-order valence-electron chi connectivity index (χ0n) is 16.5. The van der Waals surface area contributed by atoms with Crippen LogP contribution in [0.15, 0.2) is 23.1 Å². The average molecular weight is 455 g/mol. The van der Waals surface area contributed by atoms with Crippen LogP contribution in [0.25, 0.3) is 11.0 Å². The van der Waals surface area contributed by atoms with Crippen molar-refractivity contribution in [3.8, 4) is 0 Å². The number of imidazole rings is 1. The summed E-state index contributed by atoms with van der Waals surface area (Å²) >= 11 is 7.21.